The molecule has 1 unspecified atom stereocenters. The van der Waals surface area contributed by atoms with Crippen LogP contribution in [0.25, 0.3) is 0 Å². The van der Waals surface area contributed by atoms with Crippen LogP contribution in [0.4, 0.5) is 0 Å². The SMILES string of the molecule is CCc1nn(C)c(CC(NC)c2cc(C)c(C)s2)c1Cl. The Bertz CT molecular complexity index is 581. The molecule has 0 spiro atoms. The fourth-order valence-electron chi connectivity index (χ4n) is 2.35. The third kappa shape index (κ3) is 2.92. The Morgan fingerprint density at radius 1 is 1.45 bits per heavy atom. The molecule has 2 aromatic heterocycles. The molecule has 1 atom stereocenters. The van der Waals surface area contributed by atoms with E-state index in [-0.39, 0.29) is 6.04 Å². The number of nitrogens with one attached hydrogen (secondary N) is 1. The number of nitrogens with zero attached hydrogens (tertiary/aromatic N) is 2. The molecule has 5 heteroatoms. The summed E-state index contributed by atoms with van der Waals surface area (Å²) in [5, 5.41) is 8.71. The fraction of sp³-hybridized carbons (Fsp3) is 0.533. The van der Waals surface area contributed by atoms with E-state index in [1.807, 2.05) is 30.1 Å². The van der Waals surface area contributed by atoms with Crippen molar-refractivity contribution in [3.8, 4) is 0 Å². The molecule has 3 nitrogen and oxygen atoms in total. The molecule has 0 bridgehead atoms. The van der Waals surface area contributed by atoms with Crippen molar-refractivity contribution < 1.29 is 0 Å². The zero-order valence-electron chi connectivity index (χ0n) is 12.7. The van der Waals surface area contributed by atoms with E-state index in [2.05, 4.69) is 37.3 Å². The van der Waals surface area contributed by atoms with Gasteiger partial charge in [-0.2, -0.15) is 5.10 Å². The first-order chi connectivity index (χ1) is 9.47. The average molecular weight is 312 g/mol. The highest BCUT2D eigenvalue weighted by Crippen LogP contribution is 2.31. The van der Waals surface area contributed by atoms with E-state index in [0.717, 1.165) is 29.3 Å². The third-order valence-electron chi connectivity index (χ3n) is 3.78. The zero-order chi connectivity index (χ0) is 14.9. The van der Waals surface area contributed by atoms with Crippen molar-refractivity contribution in [2.75, 3.05) is 7.05 Å². The summed E-state index contributed by atoms with van der Waals surface area (Å²) in [6.07, 6.45) is 1.73. The van der Waals surface area contributed by atoms with E-state index in [9.17, 15) is 0 Å². The summed E-state index contributed by atoms with van der Waals surface area (Å²) in [5.74, 6) is 0. The van der Waals surface area contributed by atoms with Gasteiger partial charge in [-0.05, 0) is 38.9 Å². The number of halogens is 1. The second-order valence-electron chi connectivity index (χ2n) is 5.12. The van der Waals surface area contributed by atoms with Crippen LogP contribution in [0.1, 0.15) is 39.7 Å². The largest absolute Gasteiger partial charge is 0.312 e. The minimum atomic E-state index is 0.282. The molecule has 2 heterocycles. The molecule has 110 valence electrons. The Morgan fingerprint density at radius 3 is 2.60 bits per heavy atom. The molecule has 0 saturated heterocycles. The van der Waals surface area contributed by atoms with Crippen LogP contribution in [0, 0.1) is 13.8 Å². The highest BCUT2D eigenvalue weighted by atomic mass is 35.5. The molecule has 0 aliphatic rings. The van der Waals surface area contributed by atoms with E-state index < -0.39 is 0 Å². The van der Waals surface area contributed by atoms with Crippen LogP contribution < -0.4 is 5.32 Å². The summed E-state index contributed by atoms with van der Waals surface area (Å²) in [7, 11) is 3.97. The molecular weight excluding hydrogens is 290 g/mol. The first-order valence-corrected chi connectivity index (χ1v) is 8.11. The molecular formula is C15H22ClN3S. The van der Waals surface area contributed by atoms with E-state index in [0.29, 0.717) is 0 Å². The smallest absolute Gasteiger partial charge is 0.0850 e. The molecule has 0 aromatic carbocycles. The fourth-order valence-corrected chi connectivity index (χ4v) is 3.88. The van der Waals surface area contributed by atoms with Crippen molar-refractivity contribution in [2.24, 2.45) is 7.05 Å². The number of likely N-dealkylation sites (N-methyl/N-ethyl adjacent to an activating group) is 1. The summed E-state index contributed by atoms with van der Waals surface area (Å²) in [6.45, 7) is 6.41. The molecule has 2 rings (SSSR count). The summed E-state index contributed by atoms with van der Waals surface area (Å²) in [5.41, 5.74) is 3.44. The van der Waals surface area contributed by atoms with Crippen molar-refractivity contribution in [1.82, 2.24) is 15.1 Å². The van der Waals surface area contributed by atoms with Crippen molar-refractivity contribution in [3.63, 3.8) is 0 Å². The summed E-state index contributed by atoms with van der Waals surface area (Å²) < 4.78 is 1.92. The predicted octanol–water partition coefficient (Wildman–Crippen LogP) is 3.82. The monoisotopic (exact) mass is 311 g/mol. The molecule has 0 aliphatic carbocycles. The van der Waals surface area contributed by atoms with Crippen LogP contribution in [0.15, 0.2) is 6.07 Å². The van der Waals surface area contributed by atoms with Crippen LogP contribution >= 0.6 is 22.9 Å². The maximum atomic E-state index is 6.45. The van der Waals surface area contributed by atoms with E-state index in [4.69, 9.17) is 11.6 Å². The Balaban J connectivity index is 2.29. The minimum absolute atomic E-state index is 0.282. The van der Waals surface area contributed by atoms with Crippen LogP contribution in [-0.4, -0.2) is 16.8 Å². The van der Waals surface area contributed by atoms with Gasteiger partial charge in [0.2, 0.25) is 0 Å². The Morgan fingerprint density at radius 2 is 2.15 bits per heavy atom. The molecule has 1 N–H and O–H groups in total. The van der Waals surface area contributed by atoms with Gasteiger partial charge in [-0.1, -0.05) is 18.5 Å². The second kappa shape index (κ2) is 6.29. The summed E-state index contributed by atoms with van der Waals surface area (Å²) in [6, 6.07) is 2.55. The van der Waals surface area contributed by atoms with Gasteiger partial charge in [0.25, 0.3) is 0 Å². The van der Waals surface area contributed by atoms with Gasteiger partial charge < -0.3 is 5.32 Å². The number of rotatable bonds is 5. The van der Waals surface area contributed by atoms with Crippen molar-refractivity contribution in [3.05, 3.63) is 37.8 Å². The van der Waals surface area contributed by atoms with Crippen LogP contribution in [0.5, 0.6) is 0 Å². The molecule has 0 amide bonds. The van der Waals surface area contributed by atoms with Crippen LogP contribution in [0.2, 0.25) is 5.02 Å². The van der Waals surface area contributed by atoms with Crippen LogP contribution in [-0.2, 0) is 19.9 Å². The van der Waals surface area contributed by atoms with Gasteiger partial charge in [0, 0.05) is 29.3 Å². The molecule has 0 saturated carbocycles. The maximum absolute atomic E-state index is 6.45. The highest BCUT2D eigenvalue weighted by Gasteiger charge is 2.19. The number of hydrogen-bond acceptors (Lipinski definition) is 3. The number of thiophene rings is 1. The molecule has 20 heavy (non-hydrogen) atoms. The predicted molar refractivity (Wildman–Crippen MR) is 86.9 cm³/mol. The first kappa shape index (κ1) is 15.5. The summed E-state index contributed by atoms with van der Waals surface area (Å²) in [4.78, 5) is 2.74. The lowest BCUT2D eigenvalue weighted by Gasteiger charge is -2.15. The van der Waals surface area contributed by atoms with Crippen molar-refractivity contribution >= 4 is 22.9 Å². The van der Waals surface area contributed by atoms with Gasteiger partial charge >= 0.3 is 0 Å². The Labute approximate surface area is 130 Å². The molecule has 0 radical (unpaired) electrons. The number of aryl methyl sites for hydroxylation is 4. The summed E-state index contributed by atoms with van der Waals surface area (Å²) >= 11 is 8.30. The van der Waals surface area contributed by atoms with Gasteiger partial charge in [-0.3, -0.25) is 4.68 Å². The van der Waals surface area contributed by atoms with Gasteiger partial charge in [0.1, 0.15) is 0 Å². The second-order valence-corrected chi connectivity index (χ2v) is 6.78. The van der Waals surface area contributed by atoms with Crippen molar-refractivity contribution in [2.45, 2.75) is 39.7 Å². The lowest BCUT2D eigenvalue weighted by Crippen LogP contribution is -2.19. The van der Waals surface area contributed by atoms with E-state index >= 15 is 0 Å². The van der Waals surface area contributed by atoms with Gasteiger partial charge in [0.05, 0.1) is 16.4 Å². The standard InChI is InChI=1S/C15H22ClN3S/c1-6-11-15(16)13(19(5)18-11)8-12(17-4)14-7-9(2)10(3)20-14/h7,12,17H,6,8H2,1-5H3. The maximum Gasteiger partial charge on any atom is 0.0850 e. The first-order valence-electron chi connectivity index (χ1n) is 6.92. The Hall–Kier alpha value is -0.840. The lowest BCUT2D eigenvalue weighted by molar-refractivity contribution is 0.569. The third-order valence-corrected chi connectivity index (χ3v) is 5.48. The minimum Gasteiger partial charge on any atom is -0.312 e. The van der Waals surface area contributed by atoms with Gasteiger partial charge in [-0.15, -0.1) is 11.3 Å². The van der Waals surface area contributed by atoms with Gasteiger partial charge in [0.15, 0.2) is 0 Å². The van der Waals surface area contributed by atoms with Crippen LogP contribution in [0.3, 0.4) is 0 Å². The van der Waals surface area contributed by atoms with E-state index in [1.165, 1.54) is 15.3 Å². The van der Waals surface area contributed by atoms with E-state index in [1.54, 1.807) is 0 Å². The normalized spacial score (nSPS) is 12.9. The van der Waals surface area contributed by atoms with Crippen molar-refractivity contribution in [1.29, 1.82) is 0 Å². The molecule has 2 aromatic rings. The number of hydrogen-bond donors (Lipinski definition) is 1. The number of aromatic nitrogens is 2. The molecule has 0 fully saturated rings. The highest BCUT2D eigenvalue weighted by molar-refractivity contribution is 7.12. The quantitative estimate of drug-likeness (QED) is 0.910. The van der Waals surface area contributed by atoms with Gasteiger partial charge in [-0.25, -0.2) is 0 Å². The topological polar surface area (TPSA) is 29.9 Å². The average Bonchev–Trinajstić information content (AvgIpc) is 2.88. The zero-order valence-corrected chi connectivity index (χ0v) is 14.3. The Kier molecular flexibility index (Phi) is 4.89. The molecule has 0 aliphatic heterocycles. The lowest BCUT2D eigenvalue weighted by atomic mass is 10.1.